The van der Waals surface area contributed by atoms with Crippen LogP contribution in [0, 0.1) is 24.1 Å². The van der Waals surface area contributed by atoms with Crippen LogP contribution >= 0.6 is 0 Å². The van der Waals surface area contributed by atoms with Crippen molar-refractivity contribution in [3.63, 3.8) is 0 Å². The van der Waals surface area contributed by atoms with Crippen LogP contribution in [0.5, 0.6) is 0 Å². The van der Waals surface area contributed by atoms with Crippen LogP contribution in [0.2, 0.25) is 0 Å². The fourth-order valence-corrected chi connectivity index (χ4v) is 0.805. The van der Waals surface area contributed by atoms with Gasteiger partial charge in [0.05, 0.1) is 5.92 Å². The minimum Gasteiger partial charge on any atom is -0.207 e. The Morgan fingerprint density at radius 3 is 2.82 bits per heavy atom. The summed E-state index contributed by atoms with van der Waals surface area (Å²) < 4.78 is 12.6. The van der Waals surface area contributed by atoms with Crippen molar-refractivity contribution in [1.82, 2.24) is 0 Å². The quantitative estimate of drug-likeness (QED) is 0.535. The van der Waals surface area contributed by atoms with E-state index in [0.717, 1.165) is 11.5 Å². The average Bonchev–Trinajstić information content (AvgIpc) is 2.03. The van der Waals surface area contributed by atoms with Gasteiger partial charge in [0, 0.05) is 0 Å². The molecule has 0 atom stereocenters. The number of rotatable bonds is 1. The molecule has 0 fully saturated rings. The smallest absolute Gasteiger partial charge is 0.123 e. The van der Waals surface area contributed by atoms with Crippen LogP contribution in [0.3, 0.4) is 0 Å². The molecule has 0 aliphatic carbocycles. The first-order valence-corrected chi connectivity index (χ1v) is 3.30. The molecule has 55 valence electrons. The van der Waals surface area contributed by atoms with Crippen molar-refractivity contribution in [3.05, 3.63) is 41.6 Å². The predicted octanol–water partition coefficient (Wildman–Crippen LogP) is 2.40. The van der Waals surface area contributed by atoms with Crippen molar-refractivity contribution in [1.29, 1.82) is 0 Å². The largest absolute Gasteiger partial charge is 0.207 e. The van der Waals surface area contributed by atoms with Gasteiger partial charge in [0.1, 0.15) is 5.82 Å². The summed E-state index contributed by atoms with van der Waals surface area (Å²) in [6.45, 7) is 1.79. The molecule has 1 heteroatoms. The molecule has 1 rings (SSSR count). The molecule has 11 heavy (non-hydrogen) atoms. The highest BCUT2D eigenvalue weighted by atomic mass is 19.1. The summed E-state index contributed by atoms with van der Waals surface area (Å²) in [6.07, 6.45) is 5.14. The molecule has 1 aromatic rings. The third-order valence-corrected chi connectivity index (χ3v) is 1.47. The molecule has 0 aliphatic heterocycles. The van der Waals surface area contributed by atoms with E-state index >= 15 is 0 Å². The van der Waals surface area contributed by atoms with E-state index in [1.807, 2.05) is 0 Å². The van der Waals surface area contributed by atoms with Crippen molar-refractivity contribution in [3.8, 4) is 12.3 Å². The second-order valence-corrected chi connectivity index (χ2v) is 2.28. The Kier molecular flexibility index (Phi) is 2.28. The molecular weight excluding hydrogens is 139 g/mol. The van der Waals surface area contributed by atoms with Gasteiger partial charge in [-0.05, 0) is 24.6 Å². The van der Waals surface area contributed by atoms with E-state index in [0.29, 0.717) is 0 Å². The van der Waals surface area contributed by atoms with Crippen LogP contribution < -0.4 is 0 Å². The van der Waals surface area contributed by atoms with E-state index in [2.05, 4.69) is 5.92 Å². The number of halogens is 1. The molecule has 0 aliphatic rings. The lowest BCUT2D eigenvalue weighted by Gasteiger charge is -2.01. The zero-order valence-corrected chi connectivity index (χ0v) is 6.26. The Balaban J connectivity index is 2.98. The van der Waals surface area contributed by atoms with E-state index in [4.69, 9.17) is 6.42 Å². The van der Waals surface area contributed by atoms with Gasteiger partial charge in [-0.25, -0.2) is 4.39 Å². The Morgan fingerprint density at radius 1 is 1.55 bits per heavy atom. The lowest BCUT2D eigenvalue weighted by atomic mass is 10.0. The molecule has 0 heterocycles. The molecule has 0 amide bonds. The van der Waals surface area contributed by atoms with Crippen LogP contribution in [0.4, 0.5) is 4.39 Å². The van der Waals surface area contributed by atoms with E-state index in [1.165, 1.54) is 12.1 Å². The van der Waals surface area contributed by atoms with Crippen LogP contribution in [-0.4, -0.2) is 0 Å². The van der Waals surface area contributed by atoms with Crippen molar-refractivity contribution < 1.29 is 4.39 Å². The van der Waals surface area contributed by atoms with Crippen molar-refractivity contribution in [2.24, 2.45) is 0 Å². The molecule has 0 spiro atoms. The van der Waals surface area contributed by atoms with Gasteiger partial charge in [-0.15, -0.1) is 6.42 Å². The third-order valence-electron chi connectivity index (χ3n) is 1.47. The second kappa shape index (κ2) is 3.21. The Hall–Kier alpha value is -1.29. The molecule has 0 unspecified atom stereocenters. The summed E-state index contributed by atoms with van der Waals surface area (Å²) in [7, 11) is 0. The predicted molar refractivity (Wildman–Crippen MR) is 43.3 cm³/mol. The fraction of sp³-hybridized carbons (Fsp3) is 0.100. The van der Waals surface area contributed by atoms with E-state index < -0.39 is 0 Å². The summed E-state index contributed by atoms with van der Waals surface area (Å²) in [5.41, 5.74) is 0.771. The molecule has 0 saturated heterocycles. The monoisotopic (exact) mass is 147 g/mol. The lowest BCUT2D eigenvalue weighted by molar-refractivity contribution is 0.626. The standard InChI is InChI=1S/C10H8F/c1-3-8(2)9-5-4-6-10(11)7-9/h1,4-7H,2H3. The summed E-state index contributed by atoms with van der Waals surface area (Å²) in [5.74, 6) is 2.96. The van der Waals surface area contributed by atoms with Crippen LogP contribution in [0.15, 0.2) is 24.3 Å². The molecule has 1 aromatic carbocycles. The van der Waals surface area contributed by atoms with Gasteiger partial charge in [0.2, 0.25) is 0 Å². The van der Waals surface area contributed by atoms with E-state index in [9.17, 15) is 4.39 Å². The van der Waals surface area contributed by atoms with Gasteiger partial charge in [0.15, 0.2) is 0 Å². The fourth-order valence-electron chi connectivity index (χ4n) is 0.805. The first-order chi connectivity index (χ1) is 5.24. The number of hydrogen-bond donors (Lipinski definition) is 0. The van der Waals surface area contributed by atoms with Crippen LogP contribution in [-0.2, 0) is 0 Å². The van der Waals surface area contributed by atoms with Gasteiger partial charge in [-0.2, -0.15) is 0 Å². The summed E-state index contributed by atoms with van der Waals surface area (Å²) in [4.78, 5) is 0. The molecule has 0 aromatic heterocycles. The minimum atomic E-state index is -0.253. The first kappa shape index (κ1) is 7.81. The number of terminal acetylenes is 1. The zero-order chi connectivity index (χ0) is 8.27. The normalized spacial score (nSPS) is 9.64. The average molecular weight is 147 g/mol. The zero-order valence-electron chi connectivity index (χ0n) is 6.26. The molecule has 0 N–H and O–H groups in total. The second-order valence-electron chi connectivity index (χ2n) is 2.28. The Bertz CT molecular complexity index is 283. The Labute approximate surface area is 66.1 Å². The minimum absolute atomic E-state index is 0.253. The Morgan fingerprint density at radius 2 is 2.27 bits per heavy atom. The van der Waals surface area contributed by atoms with Gasteiger partial charge in [0.25, 0.3) is 0 Å². The maximum atomic E-state index is 12.6. The summed E-state index contributed by atoms with van der Waals surface area (Å²) in [5, 5.41) is 0. The van der Waals surface area contributed by atoms with E-state index in [-0.39, 0.29) is 5.82 Å². The molecule has 1 radical (unpaired) electrons. The highest BCUT2D eigenvalue weighted by Gasteiger charge is 2.01. The molecule has 0 saturated carbocycles. The van der Waals surface area contributed by atoms with E-state index in [1.54, 1.807) is 19.1 Å². The highest BCUT2D eigenvalue weighted by molar-refractivity contribution is 5.39. The third kappa shape index (κ3) is 1.81. The summed E-state index contributed by atoms with van der Waals surface area (Å²) >= 11 is 0. The lowest BCUT2D eigenvalue weighted by Crippen LogP contribution is -1.90. The van der Waals surface area contributed by atoms with Crippen LogP contribution in [0.25, 0.3) is 0 Å². The van der Waals surface area contributed by atoms with Crippen molar-refractivity contribution >= 4 is 0 Å². The summed E-state index contributed by atoms with van der Waals surface area (Å²) in [6, 6.07) is 6.26. The van der Waals surface area contributed by atoms with Crippen molar-refractivity contribution in [2.75, 3.05) is 0 Å². The maximum Gasteiger partial charge on any atom is 0.123 e. The topological polar surface area (TPSA) is 0 Å². The number of benzene rings is 1. The van der Waals surface area contributed by atoms with Gasteiger partial charge >= 0.3 is 0 Å². The maximum absolute atomic E-state index is 12.6. The van der Waals surface area contributed by atoms with Gasteiger partial charge in [-0.3, -0.25) is 0 Å². The number of hydrogen-bond acceptors (Lipinski definition) is 0. The SMILES string of the molecule is C#C[C](C)c1cccc(F)c1. The van der Waals surface area contributed by atoms with Crippen molar-refractivity contribution in [2.45, 2.75) is 6.92 Å². The molecule has 0 bridgehead atoms. The molecule has 0 nitrogen and oxygen atoms in total. The molecular formula is C10H8F. The highest BCUT2D eigenvalue weighted by Crippen LogP contribution is 2.13. The van der Waals surface area contributed by atoms with Crippen LogP contribution in [0.1, 0.15) is 12.5 Å². The van der Waals surface area contributed by atoms with Gasteiger partial charge < -0.3 is 0 Å². The first-order valence-electron chi connectivity index (χ1n) is 3.30. The van der Waals surface area contributed by atoms with Gasteiger partial charge in [-0.1, -0.05) is 18.1 Å².